The Balaban J connectivity index is 2.15. The molecule has 0 bridgehead atoms. The third-order valence-electron chi connectivity index (χ3n) is 3.69. The van der Waals surface area contributed by atoms with Crippen LogP contribution in [0.2, 0.25) is 0 Å². The van der Waals surface area contributed by atoms with Crippen molar-refractivity contribution in [3.63, 3.8) is 0 Å². The van der Waals surface area contributed by atoms with Crippen LogP contribution in [-0.2, 0) is 0 Å². The Kier molecular flexibility index (Phi) is 4.25. The van der Waals surface area contributed by atoms with Gasteiger partial charge in [0.2, 0.25) is 5.95 Å². The highest BCUT2D eigenvalue weighted by atomic mass is 32.1. The van der Waals surface area contributed by atoms with E-state index in [1.807, 2.05) is 30.9 Å². The fraction of sp³-hybridized carbons (Fsp3) is 0.235. The average Bonchev–Trinajstić information content (AvgIpc) is 3.00. The van der Waals surface area contributed by atoms with Crippen LogP contribution in [-0.4, -0.2) is 29.0 Å². The molecule has 0 aliphatic carbocycles. The molecule has 0 aliphatic heterocycles. The maximum atomic E-state index is 11.6. The molecule has 1 amide bonds. The summed E-state index contributed by atoms with van der Waals surface area (Å²) in [6, 6.07) is 11.9. The quantitative estimate of drug-likeness (QED) is 0.781. The van der Waals surface area contributed by atoms with Crippen LogP contribution >= 0.6 is 11.3 Å². The topological polar surface area (TPSA) is 72.1 Å². The van der Waals surface area contributed by atoms with Gasteiger partial charge in [-0.1, -0.05) is 18.2 Å². The molecule has 0 spiro atoms. The van der Waals surface area contributed by atoms with Gasteiger partial charge in [0.1, 0.15) is 5.69 Å². The number of thiophene rings is 1. The van der Waals surface area contributed by atoms with Crippen molar-refractivity contribution in [2.24, 2.45) is 5.73 Å². The molecular weight excluding hydrogens is 308 g/mol. The highest BCUT2D eigenvalue weighted by molar-refractivity contribution is 7.22. The molecule has 0 aliphatic rings. The number of primary amides is 1. The van der Waals surface area contributed by atoms with Crippen LogP contribution in [0.3, 0.4) is 0 Å². The number of nitrogens with two attached hydrogens (primary N) is 1. The molecule has 5 nitrogen and oxygen atoms in total. The van der Waals surface area contributed by atoms with Gasteiger partial charge in [0.15, 0.2) is 0 Å². The summed E-state index contributed by atoms with van der Waals surface area (Å²) < 4.78 is 1.19. The largest absolute Gasteiger partial charge is 0.364 e. The standard InChI is InChI=1S/C17H18N4OS/c1-3-21(4-2)17-19-12(10-13(20-17)16(18)22)15-9-11-7-5-6-8-14(11)23-15/h5-10H,3-4H2,1-2H3,(H2,18,22). The second-order valence-corrected chi connectivity index (χ2v) is 6.21. The van der Waals surface area contributed by atoms with Gasteiger partial charge in [0, 0.05) is 17.8 Å². The molecule has 1 aromatic carbocycles. The second kappa shape index (κ2) is 6.34. The Morgan fingerprint density at radius 1 is 1.17 bits per heavy atom. The van der Waals surface area contributed by atoms with Crippen molar-refractivity contribution in [2.45, 2.75) is 13.8 Å². The number of carbonyl (C=O) groups is 1. The fourth-order valence-corrected chi connectivity index (χ4v) is 3.47. The molecule has 3 rings (SSSR count). The summed E-state index contributed by atoms with van der Waals surface area (Å²) in [5, 5.41) is 1.16. The maximum Gasteiger partial charge on any atom is 0.267 e. The lowest BCUT2D eigenvalue weighted by molar-refractivity contribution is 0.0995. The predicted molar refractivity (Wildman–Crippen MR) is 94.9 cm³/mol. The number of anilines is 1. The average molecular weight is 326 g/mol. The van der Waals surface area contributed by atoms with Crippen LogP contribution in [0.4, 0.5) is 5.95 Å². The summed E-state index contributed by atoms with van der Waals surface area (Å²) in [5.74, 6) is 0.00178. The Hall–Kier alpha value is -2.47. The van der Waals surface area contributed by atoms with Crippen LogP contribution in [0, 0.1) is 0 Å². The van der Waals surface area contributed by atoms with E-state index in [4.69, 9.17) is 5.73 Å². The van der Waals surface area contributed by atoms with Crippen molar-refractivity contribution in [2.75, 3.05) is 18.0 Å². The smallest absolute Gasteiger partial charge is 0.267 e. The van der Waals surface area contributed by atoms with Crippen LogP contribution in [0.15, 0.2) is 36.4 Å². The highest BCUT2D eigenvalue weighted by Crippen LogP contribution is 2.33. The van der Waals surface area contributed by atoms with Gasteiger partial charge in [-0.3, -0.25) is 4.79 Å². The SMILES string of the molecule is CCN(CC)c1nc(C(N)=O)cc(-c2cc3ccccc3s2)n1. The molecule has 0 atom stereocenters. The molecule has 0 saturated carbocycles. The lowest BCUT2D eigenvalue weighted by atomic mass is 10.2. The number of amides is 1. The van der Waals surface area contributed by atoms with Crippen molar-refractivity contribution in [3.8, 4) is 10.6 Å². The first kappa shape index (κ1) is 15.4. The summed E-state index contributed by atoms with van der Waals surface area (Å²) in [5.41, 5.74) is 6.42. The number of hydrogen-bond donors (Lipinski definition) is 1. The summed E-state index contributed by atoms with van der Waals surface area (Å²) in [7, 11) is 0. The predicted octanol–water partition coefficient (Wildman–Crippen LogP) is 3.30. The van der Waals surface area contributed by atoms with Gasteiger partial charge in [-0.05, 0) is 37.4 Å². The van der Waals surface area contributed by atoms with E-state index >= 15 is 0 Å². The minimum atomic E-state index is -0.539. The van der Waals surface area contributed by atoms with Crippen LogP contribution in [0.1, 0.15) is 24.3 Å². The number of nitrogens with zero attached hydrogens (tertiary/aromatic N) is 3. The molecule has 23 heavy (non-hydrogen) atoms. The molecule has 0 unspecified atom stereocenters. The van der Waals surface area contributed by atoms with Crippen molar-refractivity contribution in [1.29, 1.82) is 0 Å². The highest BCUT2D eigenvalue weighted by Gasteiger charge is 2.15. The number of fused-ring (bicyclic) bond motifs is 1. The lowest BCUT2D eigenvalue weighted by Crippen LogP contribution is -2.26. The normalized spacial score (nSPS) is 10.9. The van der Waals surface area contributed by atoms with Crippen molar-refractivity contribution in [1.82, 2.24) is 9.97 Å². The van der Waals surface area contributed by atoms with Gasteiger partial charge in [0.25, 0.3) is 5.91 Å². The van der Waals surface area contributed by atoms with Crippen LogP contribution in [0.5, 0.6) is 0 Å². The van der Waals surface area contributed by atoms with Gasteiger partial charge >= 0.3 is 0 Å². The zero-order valence-electron chi connectivity index (χ0n) is 13.1. The summed E-state index contributed by atoms with van der Waals surface area (Å²) >= 11 is 1.65. The lowest BCUT2D eigenvalue weighted by Gasteiger charge is -2.19. The first-order valence-corrected chi connectivity index (χ1v) is 8.36. The van der Waals surface area contributed by atoms with Gasteiger partial charge in [-0.2, -0.15) is 0 Å². The van der Waals surface area contributed by atoms with E-state index in [1.165, 1.54) is 4.70 Å². The zero-order chi connectivity index (χ0) is 16.4. The molecule has 0 radical (unpaired) electrons. The first-order valence-electron chi connectivity index (χ1n) is 7.55. The fourth-order valence-electron chi connectivity index (χ4n) is 2.44. The van der Waals surface area contributed by atoms with Crippen molar-refractivity contribution >= 4 is 33.3 Å². The van der Waals surface area contributed by atoms with E-state index < -0.39 is 5.91 Å². The number of rotatable bonds is 5. The number of aromatic nitrogens is 2. The van der Waals surface area contributed by atoms with Gasteiger partial charge < -0.3 is 10.6 Å². The third kappa shape index (κ3) is 3.03. The molecule has 0 saturated heterocycles. The van der Waals surface area contributed by atoms with Gasteiger partial charge in [0.05, 0.1) is 10.6 Å². The Morgan fingerprint density at radius 3 is 2.57 bits per heavy atom. The van der Waals surface area contributed by atoms with Gasteiger partial charge in [-0.25, -0.2) is 9.97 Å². The van der Waals surface area contributed by atoms with Crippen LogP contribution < -0.4 is 10.6 Å². The Bertz CT molecular complexity index is 822. The molecule has 2 N–H and O–H groups in total. The number of carbonyl (C=O) groups excluding carboxylic acids is 1. The van der Waals surface area contributed by atoms with E-state index in [9.17, 15) is 4.79 Å². The maximum absolute atomic E-state index is 11.6. The number of benzene rings is 1. The first-order chi connectivity index (χ1) is 11.1. The summed E-state index contributed by atoms with van der Waals surface area (Å²) in [6.07, 6.45) is 0. The van der Waals surface area contributed by atoms with Crippen molar-refractivity contribution in [3.05, 3.63) is 42.1 Å². The second-order valence-electron chi connectivity index (χ2n) is 5.12. The zero-order valence-corrected chi connectivity index (χ0v) is 13.9. The van der Waals surface area contributed by atoms with E-state index in [-0.39, 0.29) is 5.69 Å². The molecule has 6 heteroatoms. The summed E-state index contributed by atoms with van der Waals surface area (Å²) in [4.78, 5) is 23.6. The minimum absolute atomic E-state index is 0.245. The molecular formula is C17H18N4OS. The Labute approximate surface area is 138 Å². The Morgan fingerprint density at radius 2 is 1.91 bits per heavy atom. The summed E-state index contributed by atoms with van der Waals surface area (Å²) in [6.45, 7) is 5.60. The number of hydrogen-bond acceptors (Lipinski definition) is 5. The van der Waals surface area contributed by atoms with E-state index in [0.717, 1.165) is 29.0 Å². The molecule has 0 fully saturated rings. The van der Waals surface area contributed by atoms with E-state index in [1.54, 1.807) is 17.4 Å². The minimum Gasteiger partial charge on any atom is -0.364 e. The monoisotopic (exact) mass is 326 g/mol. The van der Waals surface area contributed by atoms with Crippen LogP contribution in [0.25, 0.3) is 20.7 Å². The van der Waals surface area contributed by atoms with Crippen molar-refractivity contribution < 1.29 is 4.79 Å². The molecule has 3 aromatic rings. The van der Waals surface area contributed by atoms with E-state index in [0.29, 0.717) is 5.95 Å². The van der Waals surface area contributed by atoms with E-state index in [2.05, 4.69) is 28.2 Å². The molecule has 2 heterocycles. The third-order valence-corrected chi connectivity index (χ3v) is 4.83. The molecule has 118 valence electrons. The molecule has 2 aromatic heterocycles. The van der Waals surface area contributed by atoms with Gasteiger partial charge in [-0.15, -0.1) is 11.3 Å².